The average molecular weight is 275 g/mol. The molecular weight excluding hydrogens is 259 g/mol. The van der Waals surface area contributed by atoms with Crippen LogP contribution < -0.4 is 5.32 Å². The van der Waals surface area contributed by atoms with E-state index in [0.29, 0.717) is 17.4 Å². The lowest BCUT2D eigenvalue weighted by molar-refractivity contribution is 0.477. The maximum atomic E-state index is 13.4. The molecule has 1 aromatic carbocycles. The van der Waals surface area contributed by atoms with Gasteiger partial charge in [-0.2, -0.15) is 11.8 Å². The largest absolute Gasteiger partial charge is 0.309 e. The van der Waals surface area contributed by atoms with Crippen LogP contribution in [0.5, 0.6) is 0 Å². The first-order valence-electron chi connectivity index (χ1n) is 6.01. The summed E-state index contributed by atoms with van der Waals surface area (Å²) >= 11 is 1.80. The first kappa shape index (κ1) is 13.7. The van der Waals surface area contributed by atoms with Crippen molar-refractivity contribution in [3.05, 3.63) is 35.1 Å². The molecule has 0 saturated heterocycles. The van der Waals surface area contributed by atoms with Crippen LogP contribution in [0.4, 0.5) is 13.2 Å². The van der Waals surface area contributed by atoms with Gasteiger partial charge in [0.2, 0.25) is 0 Å². The van der Waals surface area contributed by atoms with Crippen LogP contribution in [0.3, 0.4) is 0 Å². The van der Waals surface area contributed by atoms with Gasteiger partial charge in [0, 0.05) is 29.5 Å². The van der Waals surface area contributed by atoms with Gasteiger partial charge in [0.05, 0.1) is 0 Å². The molecule has 1 nitrogen and oxygen atoms in total. The van der Waals surface area contributed by atoms with Crippen molar-refractivity contribution >= 4 is 11.8 Å². The molecule has 1 aromatic rings. The second-order valence-corrected chi connectivity index (χ2v) is 5.63. The van der Waals surface area contributed by atoms with E-state index in [1.807, 2.05) is 0 Å². The zero-order chi connectivity index (χ0) is 13.1. The zero-order valence-electron chi connectivity index (χ0n) is 10.2. The molecule has 0 heterocycles. The van der Waals surface area contributed by atoms with Gasteiger partial charge in [0.15, 0.2) is 11.6 Å². The lowest BCUT2D eigenvalue weighted by Gasteiger charge is -2.19. The molecule has 18 heavy (non-hydrogen) atoms. The predicted octanol–water partition coefficient (Wildman–Crippen LogP) is 3.48. The molecule has 0 aromatic heterocycles. The standard InChI is InChI=1S/C13H16F3NS/c1-18-13-4-2-3-12(13)17-7-8-5-10(15)11(16)6-9(8)14/h5-6,12-13,17H,2-4,7H2,1H3. The molecule has 5 heteroatoms. The van der Waals surface area contributed by atoms with E-state index in [-0.39, 0.29) is 12.1 Å². The molecule has 1 saturated carbocycles. The number of rotatable bonds is 4. The smallest absolute Gasteiger partial charge is 0.161 e. The summed E-state index contributed by atoms with van der Waals surface area (Å²) in [6.45, 7) is 0.241. The SMILES string of the molecule is CSC1CCCC1NCc1cc(F)c(F)cc1F. The number of hydrogen-bond donors (Lipinski definition) is 1. The summed E-state index contributed by atoms with van der Waals surface area (Å²) in [4.78, 5) is 0. The number of hydrogen-bond acceptors (Lipinski definition) is 2. The molecule has 1 aliphatic carbocycles. The normalized spacial score (nSPS) is 23.6. The van der Waals surface area contributed by atoms with Crippen molar-refractivity contribution in [1.29, 1.82) is 0 Å². The van der Waals surface area contributed by atoms with Crippen LogP contribution in [0.2, 0.25) is 0 Å². The third-order valence-corrected chi connectivity index (χ3v) is 4.57. The summed E-state index contributed by atoms with van der Waals surface area (Å²) in [6.07, 6.45) is 5.42. The van der Waals surface area contributed by atoms with E-state index in [1.165, 1.54) is 0 Å². The lowest BCUT2D eigenvalue weighted by Crippen LogP contribution is -2.33. The summed E-state index contributed by atoms with van der Waals surface area (Å²) in [5, 5.41) is 3.76. The number of thioether (sulfide) groups is 1. The van der Waals surface area contributed by atoms with Gasteiger partial charge < -0.3 is 5.32 Å². The Kier molecular flexibility index (Phi) is 4.56. The minimum Gasteiger partial charge on any atom is -0.309 e. The van der Waals surface area contributed by atoms with Crippen LogP contribution in [0.25, 0.3) is 0 Å². The van der Waals surface area contributed by atoms with Crippen LogP contribution in [-0.2, 0) is 6.54 Å². The first-order valence-corrected chi connectivity index (χ1v) is 7.30. The maximum Gasteiger partial charge on any atom is 0.161 e. The number of halogens is 3. The molecule has 2 rings (SSSR count). The van der Waals surface area contributed by atoms with Gasteiger partial charge in [-0.25, -0.2) is 13.2 Å². The molecule has 0 aliphatic heterocycles. The Bertz CT molecular complexity index is 425. The van der Waals surface area contributed by atoms with Crippen LogP contribution in [0.1, 0.15) is 24.8 Å². The Morgan fingerprint density at radius 1 is 1.17 bits per heavy atom. The molecule has 2 unspecified atom stereocenters. The third kappa shape index (κ3) is 3.01. The van der Waals surface area contributed by atoms with Crippen molar-refractivity contribution in [2.45, 2.75) is 37.1 Å². The molecule has 100 valence electrons. The Hall–Kier alpha value is -0.680. The minimum atomic E-state index is -1.14. The molecule has 0 amide bonds. The molecule has 0 spiro atoms. The topological polar surface area (TPSA) is 12.0 Å². The lowest BCUT2D eigenvalue weighted by atomic mass is 10.1. The second-order valence-electron chi connectivity index (χ2n) is 4.55. The molecule has 0 radical (unpaired) electrons. The maximum absolute atomic E-state index is 13.4. The molecular formula is C13H16F3NS. The fourth-order valence-electron chi connectivity index (χ4n) is 2.38. The Morgan fingerprint density at radius 3 is 2.61 bits per heavy atom. The quantitative estimate of drug-likeness (QED) is 0.844. The molecule has 1 fully saturated rings. The Balaban J connectivity index is 2.00. The molecule has 0 bridgehead atoms. The van der Waals surface area contributed by atoms with Gasteiger partial charge in [0.1, 0.15) is 5.82 Å². The van der Waals surface area contributed by atoms with Crippen molar-refractivity contribution in [3.8, 4) is 0 Å². The van der Waals surface area contributed by atoms with E-state index in [1.54, 1.807) is 11.8 Å². The number of nitrogens with one attached hydrogen (secondary N) is 1. The van der Waals surface area contributed by atoms with E-state index in [4.69, 9.17) is 0 Å². The summed E-state index contributed by atoms with van der Waals surface area (Å²) in [5.41, 5.74) is 0.181. The van der Waals surface area contributed by atoms with Gasteiger partial charge in [0.25, 0.3) is 0 Å². The van der Waals surface area contributed by atoms with Gasteiger partial charge in [-0.05, 0) is 25.2 Å². The second kappa shape index (κ2) is 5.97. The van der Waals surface area contributed by atoms with Gasteiger partial charge >= 0.3 is 0 Å². The van der Waals surface area contributed by atoms with Crippen LogP contribution in [-0.4, -0.2) is 17.5 Å². The van der Waals surface area contributed by atoms with E-state index in [9.17, 15) is 13.2 Å². The predicted molar refractivity (Wildman–Crippen MR) is 68.1 cm³/mol. The highest BCUT2D eigenvalue weighted by atomic mass is 32.2. The van der Waals surface area contributed by atoms with E-state index in [0.717, 1.165) is 25.3 Å². The highest BCUT2D eigenvalue weighted by Gasteiger charge is 2.26. The zero-order valence-corrected chi connectivity index (χ0v) is 11.0. The average Bonchev–Trinajstić information content (AvgIpc) is 2.79. The van der Waals surface area contributed by atoms with E-state index in [2.05, 4.69) is 11.6 Å². The summed E-state index contributed by atoms with van der Waals surface area (Å²) in [6, 6.07) is 1.86. The minimum absolute atomic E-state index is 0.181. The first-order chi connectivity index (χ1) is 8.61. The van der Waals surface area contributed by atoms with E-state index >= 15 is 0 Å². The van der Waals surface area contributed by atoms with Crippen molar-refractivity contribution < 1.29 is 13.2 Å². The summed E-state index contributed by atoms with van der Waals surface area (Å²) in [7, 11) is 0. The van der Waals surface area contributed by atoms with Crippen LogP contribution >= 0.6 is 11.8 Å². The fraction of sp³-hybridized carbons (Fsp3) is 0.538. The fourth-order valence-corrected chi connectivity index (χ4v) is 3.35. The monoisotopic (exact) mass is 275 g/mol. The van der Waals surface area contributed by atoms with Gasteiger partial charge in [-0.15, -0.1) is 0 Å². The number of benzene rings is 1. The highest BCUT2D eigenvalue weighted by molar-refractivity contribution is 7.99. The van der Waals surface area contributed by atoms with Crippen molar-refractivity contribution in [3.63, 3.8) is 0 Å². The van der Waals surface area contributed by atoms with Gasteiger partial charge in [-0.3, -0.25) is 0 Å². The van der Waals surface area contributed by atoms with Crippen molar-refractivity contribution in [1.82, 2.24) is 5.32 Å². The highest BCUT2D eigenvalue weighted by Crippen LogP contribution is 2.28. The van der Waals surface area contributed by atoms with Crippen molar-refractivity contribution in [2.24, 2.45) is 0 Å². The summed E-state index contributed by atoms with van der Waals surface area (Å²) < 4.78 is 39.2. The third-order valence-electron chi connectivity index (χ3n) is 3.40. The molecule has 1 N–H and O–H groups in total. The summed E-state index contributed by atoms with van der Waals surface area (Å²) in [5.74, 6) is -2.83. The van der Waals surface area contributed by atoms with Crippen molar-refractivity contribution in [2.75, 3.05) is 6.26 Å². The van der Waals surface area contributed by atoms with Gasteiger partial charge in [-0.1, -0.05) is 6.42 Å². The van der Waals surface area contributed by atoms with Crippen LogP contribution in [0.15, 0.2) is 12.1 Å². The van der Waals surface area contributed by atoms with E-state index < -0.39 is 17.5 Å². The Labute approximate surface area is 109 Å². The molecule has 2 atom stereocenters. The Morgan fingerprint density at radius 2 is 1.89 bits per heavy atom. The van der Waals surface area contributed by atoms with Crippen LogP contribution in [0, 0.1) is 17.5 Å². The molecule has 1 aliphatic rings.